The highest BCUT2D eigenvalue weighted by atomic mass is 16.4. The zero-order valence-corrected chi connectivity index (χ0v) is 10.4. The van der Waals surface area contributed by atoms with Crippen molar-refractivity contribution in [3.8, 4) is 0 Å². The maximum atomic E-state index is 11.7. The number of benzene rings is 1. The average Bonchev–Trinajstić information content (AvgIpc) is 2.78. The zero-order valence-electron chi connectivity index (χ0n) is 10.4. The predicted molar refractivity (Wildman–Crippen MR) is 69.2 cm³/mol. The second kappa shape index (κ2) is 4.26. The fraction of sp³-hybridized carbons (Fsp3) is 0.429. The number of hydrogen-bond acceptors (Lipinski definition) is 3. The molecule has 0 spiro atoms. The number of oxazole rings is 1. The van der Waals surface area contributed by atoms with Crippen LogP contribution in [0.3, 0.4) is 0 Å². The molecule has 1 aromatic carbocycles. The summed E-state index contributed by atoms with van der Waals surface area (Å²) in [6.45, 7) is 0. The van der Waals surface area contributed by atoms with Crippen LogP contribution in [0, 0.1) is 0 Å². The van der Waals surface area contributed by atoms with Gasteiger partial charge in [0.2, 0.25) is 0 Å². The molecule has 1 aliphatic carbocycles. The molecule has 5 heteroatoms. The van der Waals surface area contributed by atoms with E-state index in [1.54, 1.807) is 18.2 Å². The van der Waals surface area contributed by atoms with Gasteiger partial charge in [-0.2, -0.15) is 0 Å². The van der Waals surface area contributed by atoms with E-state index in [1.165, 1.54) is 0 Å². The highest BCUT2D eigenvalue weighted by molar-refractivity contribution is 5.84. The fourth-order valence-electron chi connectivity index (χ4n) is 3.03. The average molecular weight is 261 g/mol. The Morgan fingerprint density at radius 2 is 2.00 bits per heavy atom. The van der Waals surface area contributed by atoms with Crippen molar-refractivity contribution >= 4 is 17.1 Å². The summed E-state index contributed by atoms with van der Waals surface area (Å²) >= 11 is 0. The van der Waals surface area contributed by atoms with Crippen LogP contribution >= 0.6 is 0 Å². The third-order valence-corrected chi connectivity index (χ3v) is 4.09. The number of carboxylic acids is 1. The maximum absolute atomic E-state index is 11.7. The minimum Gasteiger partial charge on any atom is -0.481 e. The van der Waals surface area contributed by atoms with Gasteiger partial charge in [0.05, 0.1) is 10.9 Å². The smallest absolute Gasteiger partial charge is 0.417 e. The van der Waals surface area contributed by atoms with Gasteiger partial charge in [0, 0.05) is 0 Å². The lowest BCUT2D eigenvalue weighted by Crippen LogP contribution is -2.37. The van der Waals surface area contributed by atoms with Crippen molar-refractivity contribution in [1.29, 1.82) is 0 Å². The Kier molecular flexibility index (Phi) is 2.69. The predicted octanol–water partition coefficient (Wildman–Crippen LogP) is 2.41. The Hall–Kier alpha value is -2.04. The van der Waals surface area contributed by atoms with Gasteiger partial charge in [0.1, 0.15) is 0 Å². The van der Waals surface area contributed by atoms with Crippen molar-refractivity contribution in [1.82, 2.24) is 4.98 Å². The first-order valence-corrected chi connectivity index (χ1v) is 6.49. The molecular weight excluding hydrogens is 246 g/mol. The summed E-state index contributed by atoms with van der Waals surface area (Å²) in [5.41, 5.74) is 0.962. The van der Waals surface area contributed by atoms with Crippen LogP contribution in [0.5, 0.6) is 0 Å². The van der Waals surface area contributed by atoms with Crippen LogP contribution in [-0.4, -0.2) is 16.1 Å². The quantitative estimate of drug-likeness (QED) is 0.869. The lowest BCUT2D eigenvalue weighted by atomic mass is 9.69. The molecular formula is C14H15NO4. The Bertz CT molecular complexity index is 676. The van der Waals surface area contributed by atoms with Gasteiger partial charge >= 0.3 is 11.7 Å². The Balaban J connectivity index is 2.14. The van der Waals surface area contributed by atoms with E-state index < -0.39 is 17.1 Å². The van der Waals surface area contributed by atoms with Crippen molar-refractivity contribution < 1.29 is 14.3 Å². The minimum atomic E-state index is -0.819. The summed E-state index contributed by atoms with van der Waals surface area (Å²) in [5.74, 6) is -1.29. The van der Waals surface area contributed by atoms with Crippen LogP contribution in [0.4, 0.5) is 0 Å². The second-order valence-corrected chi connectivity index (χ2v) is 5.17. The summed E-state index contributed by atoms with van der Waals surface area (Å²) in [6.07, 6.45) is 4.23. The summed E-state index contributed by atoms with van der Waals surface area (Å²) < 4.78 is 4.95. The van der Waals surface area contributed by atoms with E-state index in [4.69, 9.17) is 4.42 Å². The largest absolute Gasteiger partial charge is 0.481 e. The topological polar surface area (TPSA) is 83.3 Å². The van der Waals surface area contributed by atoms with Gasteiger partial charge < -0.3 is 9.52 Å². The zero-order chi connectivity index (χ0) is 13.5. The maximum Gasteiger partial charge on any atom is 0.417 e. The molecule has 19 heavy (non-hydrogen) atoms. The lowest BCUT2D eigenvalue weighted by molar-refractivity contribution is -0.145. The third-order valence-electron chi connectivity index (χ3n) is 4.09. The molecule has 1 heterocycles. The number of hydrogen-bond donors (Lipinski definition) is 2. The third kappa shape index (κ3) is 1.85. The van der Waals surface area contributed by atoms with Crippen LogP contribution in [0.15, 0.2) is 27.4 Å². The van der Waals surface area contributed by atoms with E-state index in [-0.39, 0.29) is 0 Å². The molecule has 0 saturated heterocycles. The second-order valence-electron chi connectivity index (χ2n) is 5.17. The first kappa shape index (κ1) is 12.0. The molecule has 0 aliphatic heterocycles. The highest BCUT2D eigenvalue weighted by Gasteiger charge is 2.41. The van der Waals surface area contributed by atoms with Crippen molar-refractivity contribution in [3.63, 3.8) is 0 Å². The van der Waals surface area contributed by atoms with Gasteiger partial charge in [0.25, 0.3) is 0 Å². The number of carboxylic acid groups (broad SMARTS) is 1. The number of rotatable bonds is 2. The molecule has 0 bridgehead atoms. The van der Waals surface area contributed by atoms with Gasteiger partial charge in [-0.25, -0.2) is 4.79 Å². The fourth-order valence-corrected chi connectivity index (χ4v) is 3.03. The molecule has 1 aromatic heterocycles. The first-order chi connectivity index (χ1) is 9.12. The van der Waals surface area contributed by atoms with E-state index in [2.05, 4.69) is 4.98 Å². The normalized spacial score (nSPS) is 18.5. The number of aromatic nitrogens is 1. The van der Waals surface area contributed by atoms with Gasteiger partial charge in [-0.1, -0.05) is 25.3 Å². The highest BCUT2D eigenvalue weighted by Crippen LogP contribution is 2.40. The molecule has 2 N–H and O–H groups in total. The molecule has 3 rings (SSSR count). The summed E-state index contributed by atoms with van der Waals surface area (Å²) in [6, 6.07) is 5.17. The molecule has 1 fully saturated rings. The van der Waals surface area contributed by atoms with E-state index >= 15 is 0 Å². The van der Waals surface area contributed by atoms with Gasteiger partial charge in [-0.05, 0) is 30.5 Å². The Labute approximate surface area is 109 Å². The molecule has 2 aromatic rings. The van der Waals surface area contributed by atoms with Crippen LogP contribution in [-0.2, 0) is 10.2 Å². The van der Waals surface area contributed by atoms with E-state index in [1.807, 2.05) is 0 Å². The number of aliphatic carboxylic acids is 1. The Morgan fingerprint density at radius 1 is 1.26 bits per heavy atom. The summed E-state index contributed by atoms with van der Waals surface area (Å²) in [4.78, 5) is 25.5. The Morgan fingerprint density at radius 3 is 2.68 bits per heavy atom. The van der Waals surface area contributed by atoms with Crippen molar-refractivity contribution in [3.05, 3.63) is 34.3 Å². The van der Waals surface area contributed by atoms with E-state index in [0.717, 1.165) is 24.8 Å². The van der Waals surface area contributed by atoms with Crippen molar-refractivity contribution in [2.45, 2.75) is 37.5 Å². The summed E-state index contributed by atoms with van der Waals surface area (Å²) in [5, 5.41) is 9.62. The number of H-pyrrole nitrogens is 1. The molecule has 0 radical (unpaired) electrons. The molecule has 1 saturated carbocycles. The monoisotopic (exact) mass is 261 g/mol. The number of aromatic amines is 1. The van der Waals surface area contributed by atoms with Gasteiger partial charge in [-0.3, -0.25) is 9.78 Å². The standard InChI is InChI=1S/C14H15NO4/c16-12(17)14(6-2-1-3-7-14)9-4-5-11-10(8-9)15-13(18)19-11/h4-5,8H,1-3,6-7H2,(H,15,18)(H,16,17). The lowest BCUT2D eigenvalue weighted by Gasteiger charge is -2.33. The molecule has 5 nitrogen and oxygen atoms in total. The van der Waals surface area contributed by atoms with E-state index in [9.17, 15) is 14.7 Å². The number of carbonyl (C=O) groups is 1. The van der Waals surface area contributed by atoms with Crippen LogP contribution in [0.1, 0.15) is 37.7 Å². The molecule has 0 amide bonds. The SMILES string of the molecule is O=C(O)C1(c2ccc3oc(=O)[nH]c3c2)CCCCC1. The van der Waals surface area contributed by atoms with Crippen molar-refractivity contribution in [2.24, 2.45) is 0 Å². The summed E-state index contributed by atoms with van der Waals surface area (Å²) in [7, 11) is 0. The molecule has 0 unspecified atom stereocenters. The minimum absolute atomic E-state index is 0.463. The number of fused-ring (bicyclic) bond motifs is 1. The molecule has 100 valence electrons. The molecule has 1 aliphatic rings. The van der Waals surface area contributed by atoms with Crippen LogP contribution in [0.25, 0.3) is 11.1 Å². The number of nitrogens with one attached hydrogen (secondary N) is 1. The van der Waals surface area contributed by atoms with E-state index in [0.29, 0.717) is 23.9 Å². The van der Waals surface area contributed by atoms with Crippen LogP contribution in [0.2, 0.25) is 0 Å². The van der Waals surface area contributed by atoms with Gasteiger partial charge in [-0.15, -0.1) is 0 Å². The molecule has 0 atom stereocenters. The van der Waals surface area contributed by atoms with Crippen molar-refractivity contribution in [2.75, 3.05) is 0 Å². The van der Waals surface area contributed by atoms with Crippen LogP contribution < -0.4 is 5.76 Å². The first-order valence-electron chi connectivity index (χ1n) is 6.49. The van der Waals surface area contributed by atoms with Gasteiger partial charge in [0.15, 0.2) is 5.58 Å².